The summed E-state index contributed by atoms with van der Waals surface area (Å²) in [5.74, 6) is 0. The van der Waals surface area contributed by atoms with Crippen LogP contribution >= 0.6 is 15.9 Å². The first-order valence-electron chi connectivity index (χ1n) is 5.16. The van der Waals surface area contributed by atoms with Gasteiger partial charge in [0.2, 0.25) is 5.03 Å². The van der Waals surface area contributed by atoms with E-state index >= 15 is 0 Å². The third-order valence-electron chi connectivity index (χ3n) is 2.68. The Bertz CT molecular complexity index is 495. The maximum atomic E-state index is 12.3. The van der Waals surface area contributed by atoms with Crippen LogP contribution in [0.3, 0.4) is 0 Å². The van der Waals surface area contributed by atoms with Crippen molar-refractivity contribution in [2.75, 3.05) is 13.1 Å². The van der Waals surface area contributed by atoms with Crippen LogP contribution in [0.1, 0.15) is 12.8 Å². The highest BCUT2D eigenvalue weighted by Gasteiger charge is 2.33. The quantitative estimate of drug-likeness (QED) is 0.808. The second-order valence-electron chi connectivity index (χ2n) is 3.97. The third-order valence-corrected chi connectivity index (χ3v) is 5.43. The van der Waals surface area contributed by atoms with Gasteiger partial charge < -0.3 is 5.11 Å². The molecule has 0 bridgehead atoms. The summed E-state index contributed by atoms with van der Waals surface area (Å²) in [5, 5.41) is 16.8. The predicted molar refractivity (Wildman–Crippen MR) is 62.7 cm³/mol. The lowest BCUT2D eigenvalue weighted by Gasteiger charge is -2.28. The van der Waals surface area contributed by atoms with E-state index in [2.05, 4.69) is 26.2 Å². The van der Waals surface area contributed by atoms with E-state index in [0.717, 1.165) is 0 Å². The lowest BCUT2D eigenvalue weighted by atomic mass is 10.1. The Labute approximate surface area is 108 Å². The monoisotopic (exact) mass is 324 g/mol. The van der Waals surface area contributed by atoms with Crippen molar-refractivity contribution in [3.8, 4) is 0 Å². The van der Waals surface area contributed by atoms with Crippen LogP contribution in [-0.2, 0) is 17.1 Å². The Morgan fingerprint density at radius 1 is 1.53 bits per heavy atom. The lowest BCUT2D eigenvalue weighted by Crippen LogP contribution is -2.42. The van der Waals surface area contributed by atoms with E-state index < -0.39 is 16.1 Å². The van der Waals surface area contributed by atoms with Crippen LogP contribution in [0.2, 0.25) is 0 Å². The molecule has 1 aliphatic rings. The van der Waals surface area contributed by atoms with Gasteiger partial charge in [-0.1, -0.05) is 5.21 Å². The molecule has 1 aromatic heterocycles. The number of aromatic nitrogens is 3. The Kier molecular flexibility index (Phi) is 3.53. The molecule has 0 saturated carbocycles. The number of aliphatic hydroxyl groups excluding tert-OH is 1. The first-order chi connectivity index (χ1) is 7.93. The number of β-amino-alcohol motifs (C(OH)–C–C–N with tert-alkyl or cyclic N) is 1. The molecule has 0 spiro atoms. The summed E-state index contributed by atoms with van der Waals surface area (Å²) < 4.78 is 27.3. The van der Waals surface area contributed by atoms with Crippen LogP contribution in [0.4, 0.5) is 0 Å². The fraction of sp³-hybridized carbons (Fsp3) is 0.750. The Balaban J connectivity index is 2.36. The number of sulfonamides is 1. The molecule has 0 aliphatic carbocycles. The molecular weight excluding hydrogens is 312 g/mol. The molecule has 1 saturated heterocycles. The van der Waals surface area contributed by atoms with Crippen molar-refractivity contribution in [3.05, 3.63) is 4.60 Å². The zero-order valence-electron chi connectivity index (χ0n) is 9.24. The molecule has 1 fully saturated rings. The van der Waals surface area contributed by atoms with Crippen molar-refractivity contribution in [1.82, 2.24) is 19.3 Å². The number of hydrogen-bond acceptors (Lipinski definition) is 5. The van der Waals surface area contributed by atoms with Crippen LogP contribution in [0.5, 0.6) is 0 Å². The van der Waals surface area contributed by atoms with E-state index in [9.17, 15) is 13.5 Å². The lowest BCUT2D eigenvalue weighted by molar-refractivity contribution is 0.107. The molecule has 17 heavy (non-hydrogen) atoms. The zero-order chi connectivity index (χ0) is 12.6. The third kappa shape index (κ3) is 2.37. The average molecular weight is 325 g/mol. The number of halogens is 1. The van der Waals surface area contributed by atoms with Crippen molar-refractivity contribution in [3.63, 3.8) is 0 Å². The van der Waals surface area contributed by atoms with Gasteiger partial charge in [0.05, 0.1) is 6.10 Å². The summed E-state index contributed by atoms with van der Waals surface area (Å²) in [7, 11) is -2.13. The van der Waals surface area contributed by atoms with Gasteiger partial charge in [-0.05, 0) is 28.8 Å². The highest BCUT2D eigenvalue weighted by Crippen LogP contribution is 2.24. The average Bonchev–Trinajstić information content (AvgIpc) is 2.59. The molecule has 1 N–H and O–H groups in total. The first kappa shape index (κ1) is 12.9. The molecule has 0 aromatic carbocycles. The zero-order valence-corrected chi connectivity index (χ0v) is 11.6. The summed E-state index contributed by atoms with van der Waals surface area (Å²) in [6.07, 6.45) is 0.693. The van der Waals surface area contributed by atoms with E-state index in [0.29, 0.717) is 19.4 Å². The fourth-order valence-corrected chi connectivity index (χ4v) is 4.41. The van der Waals surface area contributed by atoms with Crippen LogP contribution < -0.4 is 0 Å². The van der Waals surface area contributed by atoms with Crippen molar-refractivity contribution < 1.29 is 13.5 Å². The second-order valence-corrected chi connectivity index (χ2v) is 6.57. The van der Waals surface area contributed by atoms with E-state index in [-0.39, 0.29) is 16.2 Å². The highest BCUT2D eigenvalue weighted by atomic mass is 79.9. The molecule has 0 amide bonds. The van der Waals surface area contributed by atoms with E-state index in [4.69, 9.17) is 0 Å². The van der Waals surface area contributed by atoms with E-state index in [1.54, 1.807) is 0 Å². The van der Waals surface area contributed by atoms with Crippen molar-refractivity contribution in [1.29, 1.82) is 0 Å². The highest BCUT2D eigenvalue weighted by molar-refractivity contribution is 9.10. The molecule has 0 radical (unpaired) electrons. The maximum absolute atomic E-state index is 12.3. The second kappa shape index (κ2) is 4.63. The van der Waals surface area contributed by atoms with Crippen LogP contribution in [0.15, 0.2) is 9.63 Å². The van der Waals surface area contributed by atoms with Crippen LogP contribution in [0.25, 0.3) is 0 Å². The molecular formula is C8H13BrN4O3S. The van der Waals surface area contributed by atoms with Crippen LogP contribution in [0, 0.1) is 0 Å². The molecule has 0 unspecified atom stereocenters. The van der Waals surface area contributed by atoms with Gasteiger partial charge in [-0.3, -0.25) is 0 Å². The van der Waals surface area contributed by atoms with Gasteiger partial charge >= 0.3 is 0 Å². The smallest absolute Gasteiger partial charge is 0.263 e. The SMILES string of the molecule is Cn1nnc(Br)c1S(=O)(=O)N1CCC[C@H](O)C1. The van der Waals surface area contributed by atoms with Gasteiger partial charge in [0.25, 0.3) is 10.0 Å². The van der Waals surface area contributed by atoms with Gasteiger partial charge in [-0.2, -0.15) is 4.31 Å². The largest absolute Gasteiger partial charge is 0.392 e. The van der Waals surface area contributed by atoms with Gasteiger partial charge in [0, 0.05) is 20.1 Å². The standard InChI is InChI=1S/C8H13BrN4O3S/c1-12-8(7(9)10-11-12)17(15,16)13-4-2-3-6(14)5-13/h6,14H,2-5H2,1H3/t6-/m0/s1. The minimum Gasteiger partial charge on any atom is -0.392 e. The molecule has 1 aromatic rings. The summed E-state index contributed by atoms with van der Waals surface area (Å²) in [6, 6.07) is 0. The van der Waals surface area contributed by atoms with Gasteiger partial charge in [0.15, 0.2) is 4.60 Å². The molecule has 9 heteroatoms. The fourth-order valence-electron chi connectivity index (χ4n) is 1.86. The molecule has 2 heterocycles. The number of aryl methyl sites for hydroxylation is 1. The molecule has 96 valence electrons. The number of piperidine rings is 1. The van der Waals surface area contributed by atoms with Crippen molar-refractivity contribution in [2.45, 2.75) is 24.0 Å². The van der Waals surface area contributed by atoms with Crippen LogP contribution in [-0.4, -0.2) is 52.0 Å². The molecule has 1 aliphatic heterocycles. The summed E-state index contributed by atoms with van der Waals surface area (Å²) in [4.78, 5) is 0. The minimum absolute atomic E-state index is 0.0200. The topological polar surface area (TPSA) is 88.3 Å². The Morgan fingerprint density at radius 3 is 2.76 bits per heavy atom. The maximum Gasteiger partial charge on any atom is 0.263 e. The Hall–Kier alpha value is -0.510. The first-order valence-corrected chi connectivity index (χ1v) is 7.39. The van der Waals surface area contributed by atoms with Gasteiger partial charge in [0.1, 0.15) is 0 Å². The Morgan fingerprint density at radius 2 is 2.24 bits per heavy atom. The predicted octanol–water partition coefficient (Wildman–Crippen LogP) is -0.277. The van der Waals surface area contributed by atoms with E-state index in [1.165, 1.54) is 16.0 Å². The molecule has 2 rings (SSSR count). The van der Waals surface area contributed by atoms with Crippen molar-refractivity contribution >= 4 is 26.0 Å². The molecule has 1 atom stereocenters. The number of rotatable bonds is 2. The van der Waals surface area contributed by atoms with Crippen molar-refractivity contribution in [2.24, 2.45) is 7.05 Å². The van der Waals surface area contributed by atoms with Gasteiger partial charge in [-0.15, -0.1) is 5.10 Å². The number of aliphatic hydroxyl groups is 1. The minimum atomic E-state index is -3.65. The summed E-state index contributed by atoms with van der Waals surface area (Å²) >= 11 is 3.07. The number of hydrogen-bond donors (Lipinski definition) is 1. The molecule has 7 nitrogen and oxygen atoms in total. The van der Waals surface area contributed by atoms with E-state index in [1.807, 2.05) is 0 Å². The number of nitrogens with zero attached hydrogens (tertiary/aromatic N) is 4. The summed E-state index contributed by atoms with van der Waals surface area (Å²) in [6.45, 7) is 0.539. The van der Waals surface area contributed by atoms with Gasteiger partial charge in [-0.25, -0.2) is 13.1 Å². The summed E-state index contributed by atoms with van der Waals surface area (Å²) in [5.41, 5.74) is 0. The normalized spacial score (nSPS) is 22.9.